The molecule has 1 atom stereocenters. The summed E-state index contributed by atoms with van der Waals surface area (Å²) in [6.07, 6.45) is 7.29. The average molecular weight is 241 g/mol. The van der Waals surface area contributed by atoms with E-state index in [1.54, 1.807) is 18.5 Å². The van der Waals surface area contributed by atoms with E-state index in [0.717, 1.165) is 25.1 Å². The molecule has 4 nitrogen and oxygen atoms in total. The van der Waals surface area contributed by atoms with Crippen LogP contribution < -0.4 is 0 Å². The van der Waals surface area contributed by atoms with Gasteiger partial charge in [0, 0.05) is 30.8 Å². The largest absolute Gasteiger partial charge is 0.363 e. The summed E-state index contributed by atoms with van der Waals surface area (Å²) in [4.78, 5) is 21.6. The van der Waals surface area contributed by atoms with Crippen molar-refractivity contribution < 1.29 is 4.79 Å². The van der Waals surface area contributed by atoms with Crippen LogP contribution in [0.1, 0.15) is 34.9 Å². The Morgan fingerprint density at radius 2 is 2.33 bits per heavy atom. The number of pyridine rings is 1. The van der Waals surface area contributed by atoms with Crippen molar-refractivity contribution in [3.63, 3.8) is 0 Å². The second kappa shape index (κ2) is 4.64. The molecule has 1 amide bonds. The van der Waals surface area contributed by atoms with Crippen LogP contribution in [0.25, 0.3) is 0 Å². The zero-order chi connectivity index (χ0) is 12.4. The normalized spacial score (nSPS) is 19.1. The Morgan fingerprint density at radius 1 is 1.39 bits per heavy atom. The van der Waals surface area contributed by atoms with E-state index in [4.69, 9.17) is 0 Å². The second-order valence-electron chi connectivity index (χ2n) is 4.52. The molecule has 0 spiro atoms. The standard InChI is InChI=1S/C14H15N3O/c18-14(11-4-1-7-15-10-11)17-9-3-6-13(17)12-5-2-8-16-12/h1-2,4-5,7-8,10,13,16H,3,6,9H2. The molecular weight excluding hydrogens is 226 g/mol. The molecule has 1 aliphatic rings. The number of aromatic nitrogens is 2. The van der Waals surface area contributed by atoms with E-state index in [9.17, 15) is 4.79 Å². The van der Waals surface area contributed by atoms with Crippen LogP contribution in [0.2, 0.25) is 0 Å². The van der Waals surface area contributed by atoms with Gasteiger partial charge in [0.1, 0.15) is 0 Å². The van der Waals surface area contributed by atoms with Gasteiger partial charge in [0.2, 0.25) is 0 Å². The molecule has 3 heterocycles. The maximum Gasteiger partial charge on any atom is 0.255 e. The highest BCUT2D eigenvalue weighted by atomic mass is 16.2. The first-order valence-electron chi connectivity index (χ1n) is 6.20. The summed E-state index contributed by atoms with van der Waals surface area (Å²) in [6, 6.07) is 7.81. The van der Waals surface area contributed by atoms with Gasteiger partial charge in [-0.05, 0) is 37.1 Å². The van der Waals surface area contributed by atoms with Gasteiger partial charge < -0.3 is 9.88 Å². The Kier molecular flexibility index (Phi) is 2.84. The first-order valence-corrected chi connectivity index (χ1v) is 6.20. The van der Waals surface area contributed by atoms with Gasteiger partial charge in [-0.15, -0.1) is 0 Å². The molecule has 18 heavy (non-hydrogen) atoms. The Hall–Kier alpha value is -2.10. The summed E-state index contributed by atoms with van der Waals surface area (Å²) in [7, 11) is 0. The summed E-state index contributed by atoms with van der Waals surface area (Å²) in [6.45, 7) is 0.817. The van der Waals surface area contributed by atoms with Crippen molar-refractivity contribution in [1.29, 1.82) is 0 Å². The number of amides is 1. The second-order valence-corrected chi connectivity index (χ2v) is 4.52. The number of likely N-dealkylation sites (tertiary alicyclic amines) is 1. The van der Waals surface area contributed by atoms with Gasteiger partial charge in [-0.25, -0.2) is 0 Å². The summed E-state index contributed by atoms with van der Waals surface area (Å²) in [5.74, 6) is 0.0696. The molecule has 1 N–H and O–H groups in total. The molecule has 1 saturated heterocycles. The molecule has 0 aliphatic carbocycles. The quantitative estimate of drug-likeness (QED) is 0.877. The Morgan fingerprint density at radius 3 is 3.06 bits per heavy atom. The van der Waals surface area contributed by atoms with Crippen LogP contribution in [0.3, 0.4) is 0 Å². The highest BCUT2D eigenvalue weighted by Gasteiger charge is 2.31. The third-order valence-corrected chi connectivity index (χ3v) is 3.40. The Balaban J connectivity index is 1.85. The monoisotopic (exact) mass is 241 g/mol. The van der Waals surface area contributed by atoms with Gasteiger partial charge >= 0.3 is 0 Å². The average Bonchev–Trinajstić information content (AvgIpc) is 3.09. The molecule has 1 aliphatic heterocycles. The predicted molar refractivity (Wildman–Crippen MR) is 68.0 cm³/mol. The highest BCUT2D eigenvalue weighted by Crippen LogP contribution is 2.31. The third kappa shape index (κ3) is 1.90. The molecule has 4 heteroatoms. The van der Waals surface area contributed by atoms with Crippen molar-refractivity contribution in [2.45, 2.75) is 18.9 Å². The van der Waals surface area contributed by atoms with Gasteiger partial charge in [0.25, 0.3) is 5.91 Å². The van der Waals surface area contributed by atoms with Gasteiger partial charge in [-0.2, -0.15) is 0 Å². The minimum atomic E-state index is 0.0696. The molecular formula is C14H15N3O. The molecule has 92 valence electrons. The predicted octanol–water partition coefficient (Wildman–Crippen LogP) is 2.39. The van der Waals surface area contributed by atoms with Crippen molar-refractivity contribution in [1.82, 2.24) is 14.9 Å². The van der Waals surface area contributed by atoms with Crippen LogP contribution in [0.4, 0.5) is 0 Å². The number of H-pyrrole nitrogens is 1. The number of carbonyl (C=O) groups is 1. The summed E-state index contributed by atoms with van der Waals surface area (Å²) in [5.41, 5.74) is 1.78. The molecule has 1 unspecified atom stereocenters. The van der Waals surface area contributed by atoms with E-state index in [-0.39, 0.29) is 11.9 Å². The van der Waals surface area contributed by atoms with Crippen LogP contribution >= 0.6 is 0 Å². The molecule has 0 radical (unpaired) electrons. The molecule has 1 fully saturated rings. The van der Waals surface area contributed by atoms with Crippen molar-refractivity contribution in [2.75, 3.05) is 6.54 Å². The van der Waals surface area contributed by atoms with Gasteiger partial charge in [-0.3, -0.25) is 9.78 Å². The van der Waals surface area contributed by atoms with Crippen molar-refractivity contribution in [2.24, 2.45) is 0 Å². The fourth-order valence-corrected chi connectivity index (χ4v) is 2.54. The number of nitrogens with one attached hydrogen (secondary N) is 1. The van der Waals surface area contributed by atoms with Crippen LogP contribution in [-0.2, 0) is 0 Å². The first-order chi connectivity index (χ1) is 8.86. The zero-order valence-electron chi connectivity index (χ0n) is 10.0. The van der Waals surface area contributed by atoms with E-state index >= 15 is 0 Å². The Bertz CT molecular complexity index is 521. The maximum atomic E-state index is 12.4. The van der Waals surface area contributed by atoms with E-state index in [0.29, 0.717) is 5.56 Å². The highest BCUT2D eigenvalue weighted by molar-refractivity contribution is 5.94. The lowest BCUT2D eigenvalue weighted by molar-refractivity contribution is 0.0733. The van der Waals surface area contributed by atoms with E-state index in [1.165, 1.54) is 0 Å². The van der Waals surface area contributed by atoms with E-state index in [1.807, 2.05) is 29.3 Å². The number of nitrogens with zero attached hydrogens (tertiary/aromatic N) is 2. The zero-order valence-corrected chi connectivity index (χ0v) is 10.0. The SMILES string of the molecule is O=C(c1cccnc1)N1CCCC1c1ccc[nH]1. The van der Waals surface area contributed by atoms with Crippen molar-refractivity contribution in [3.05, 3.63) is 54.1 Å². The number of carbonyl (C=O) groups excluding carboxylic acids is 1. The summed E-state index contributed by atoms with van der Waals surface area (Å²) < 4.78 is 0. The lowest BCUT2D eigenvalue weighted by Crippen LogP contribution is -2.30. The number of rotatable bonds is 2. The molecule has 0 aromatic carbocycles. The van der Waals surface area contributed by atoms with Gasteiger partial charge in [0.05, 0.1) is 11.6 Å². The Labute approximate surface area is 106 Å². The maximum absolute atomic E-state index is 12.4. The van der Waals surface area contributed by atoms with E-state index in [2.05, 4.69) is 9.97 Å². The molecule has 2 aromatic rings. The van der Waals surface area contributed by atoms with Crippen LogP contribution in [0.5, 0.6) is 0 Å². The molecule has 3 rings (SSSR count). The number of aromatic amines is 1. The fourth-order valence-electron chi connectivity index (χ4n) is 2.54. The number of hydrogen-bond donors (Lipinski definition) is 1. The van der Waals surface area contributed by atoms with E-state index < -0.39 is 0 Å². The number of hydrogen-bond acceptors (Lipinski definition) is 2. The fraction of sp³-hybridized carbons (Fsp3) is 0.286. The van der Waals surface area contributed by atoms with Gasteiger partial charge in [-0.1, -0.05) is 0 Å². The molecule has 0 bridgehead atoms. The van der Waals surface area contributed by atoms with Crippen LogP contribution in [-0.4, -0.2) is 27.3 Å². The van der Waals surface area contributed by atoms with Crippen LogP contribution in [0, 0.1) is 0 Å². The van der Waals surface area contributed by atoms with Crippen molar-refractivity contribution in [3.8, 4) is 0 Å². The lowest BCUT2D eigenvalue weighted by Gasteiger charge is -2.23. The summed E-state index contributed by atoms with van der Waals surface area (Å²) in [5, 5.41) is 0. The van der Waals surface area contributed by atoms with Crippen LogP contribution in [0.15, 0.2) is 42.9 Å². The van der Waals surface area contributed by atoms with Gasteiger partial charge in [0.15, 0.2) is 0 Å². The van der Waals surface area contributed by atoms with Crippen molar-refractivity contribution >= 4 is 5.91 Å². The molecule has 2 aromatic heterocycles. The lowest BCUT2D eigenvalue weighted by atomic mass is 10.1. The third-order valence-electron chi connectivity index (χ3n) is 3.40. The smallest absolute Gasteiger partial charge is 0.255 e. The molecule has 0 saturated carbocycles. The minimum absolute atomic E-state index is 0.0696. The first kappa shape index (κ1) is 11.0. The summed E-state index contributed by atoms with van der Waals surface area (Å²) >= 11 is 0. The topological polar surface area (TPSA) is 49.0 Å². The minimum Gasteiger partial charge on any atom is -0.363 e.